The molecule has 2 atom stereocenters. The van der Waals surface area contributed by atoms with Gasteiger partial charge in [0.05, 0.1) is 0 Å². The molecule has 1 aliphatic heterocycles. The third kappa shape index (κ3) is 3.18. The highest BCUT2D eigenvalue weighted by atomic mass is 16.2. The van der Waals surface area contributed by atoms with Gasteiger partial charge in [0.15, 0.2) is 0 Å². The number of hydrogen-bond acceptors (Lipinski definition) is 2. The second kappa shape index (κ2) is 6.87. The minimum Gasteiger partial charge on any atom is -0.332 e. The molecule has 124 valence electrons. The Labute approximate surface area is 142 Å². The van der Waals surface area contributed by atoms with E-state index in [9.17, 15) is 9.59 Å². The van der Waals surface area contributed by atoms with E-state index in [1.807, 2.05) is 84.3 Å². The molecule has 4 heteroatoms. The summed E-state index contributed by atoms with van der Waals surface area (Å²) in [5.74, 6) is 0.0588. The van der Waals surface area contributed by atoms with E-state index in [4.69, 9.17) is 0 Å². The second-order valence-electron chi connectivity index (χ2n) is 6.35. The lowest BCUT2D eigenvalue weighted by molar-refractivity contribution is 0.0270. The summed E-state index contributed by atoms with van der Waals surface area (Å²) in [7, 11) is 0. The zero-order valence-corrected chi connectivity index (χ0v) is 14.1. The number of carbonyl (C=O) groups is 2. The van der Waals surface area contributed by atoms with Crippen molar-refractivity contribution in [3.05, 3.63) is 71.8 Å². The van der Waals surface area contributed by atoms with Crippen molar-refractivity contribution in [3.8, 4) is 0 Å². The molecule has 0 aliphatic carbocycles. The van der Waals surface area contributed by atoms with Crippen LogP contribution in [-0.2, 0) is 0 Å². The zero-order valence-electron chi connectivity index (χ0n) is 14.1. The van der Waals surface area contributed by atoms with E-state index < -0.39 is 0 Å². The van der Waals surface area contributed by atoms with Crippen LogP contribution in [0.15, 0.2) is 60.7 Å². The van der Waals surface area contributed by atoms with Crippen molar-refractivity contribution in [2.45, 2.75) is 25.9 Å². The molecule has 2 amide bonds. The molecular formula is C20H22N2O2. The molecule has 0 unspecified atom stereocenters. The fourth-order valence-electron chi connectivity index (χ4n) is 3.19. The van der Waals surface area contributed by atoms with Gasteiger partial charge in [-0.3, -0.25) is 9.59 Å². The van der Waals surface area contributed by atoms with Gasteiger partial charge in [-0.15, -0.1) is 0 Å². The fraction of sp³-hybridized carbons (Fsp3) is 0.300. The first-order valence-corrected chi connectivity index (χ1v) is 8.30. The summed E-state index contributed by atoms with van der Waals surface area (Å²) in [5.41, 5.74) is 1.39. The maximum atomic E-state index is 12.7. The van der Waals surface area contributed by atoms with Gasteiger partial charge in [0.1, 0.15) is 0 Å². The minimum absolute atomic E-state index is 0.0124. The van der Waals surface area contributed by atoms with Crippen molar-refractivity contribution >= 4 is 11.8 Å². The van der Waals surface area contributed by atoms with Crippen LogP contribution >= 0.6 is 0 Å². The maximum absolute atomic E-state index is 12.7. The standard InChI is InChI=1S/C20H22N2O2/c1-15-13-22(20(24)18-11-7-4-8-12-18)16(2)14-21(15)19(23)17-9-5-3-6-10-17/h3-12,15-16H,13-14H2,1-2H3/t15-,16-/m1/s1. The van der Waals surface area contributed by atoms with Gasteiger partial charge in [0.25, 0.3) is 11.8 Å². The molecule has 1 fully saturated rings. The summed E-state index contributed by atoms with van der Waals surface area (Å²) >= 11 is 0. The zero-order chi connectivity index (χ0) is 17.1. The Morgan fingerprint density at radius 1 is 0.708 bits per heavy atom. The van der Waals surface area contributed by atoms with Crippen molar-refractivity contribution in [3.63, 3.8) is 0 Å². The third-order valence-electron chi connectivity index (χ3n) is 4.55. The largest absolute Gasteiger partial charge is 0.332 e. The first kappa shape index (κ1) is 16.2. The first-order valence-electron chi connectivity index (χ1n) is 8.30. The number of amides is 2. The summed E-state index contributed by atoms with van der Waals surface area (Å²) < 4.78 is 0. The summed E-state index contributed by atoms with van der Waals surface area (Å²) in [4.78, 5) is 29.2. The molecule has 1 aliphatic rings. The Bertz CT molecular complexity index is 651. The van der Waals surface area contributed by atoms with E-state index in [-0.39, 0.29) is 23.9 Å². The van der Waals surface area contributed by atoms with E-state index in [0.717, 1.165) is 0 Å². The lowest BCUT2D eigenvalue weighted by Gasteiger charge is -2.44. The van der Waals surface area contributed by atoms with Crippen LogP contribution in [0.4, 0.5) is 0 Å². The Kier molecular flexibility index (Phi) is 4.65. The summed E-state index contributed by atoms with van der Waals surface area (Å²) in [6.45, 7) is 5.09. The molecule has 1 heterocycles. The molecule has 4 nitrogen and oxygen atoms in total. The normalized spacial score (nSPS) is 20.8. The molecule has 3 rings (SSSR count). The second-order valence-corrected chi connectivity index (χ2v) is 6.35. The van der Waals surface area contributed by atoms with Gasteiger partial charge in [0, 0.05) is 36.3 Å². The van der Waals surface area contributed by atoms with Crippen LogP contribution in [0.2, 0.25) is 0 Å². The van der Waals surface area contributed by atoms with Gasteiger partial charge in [-0.1, -0.05) is 36.4 Å². The van der Waals surface area contributed by atoms with Gasteiger partial charge >= 0.3 is 0 Å². The van der Waals surface area contributed by atoms with Crippen molar-refractivity contribution < 1.29 is 9.59 Å². The van der Waals surface area contributed by atoms with Gasteiger partial charge in [-0.05, 0) is 38.1 Å². The van der Waals surface area contributed by atoms with Crippen LogP contribution in [0.1, 0.15) is 34.6 Å². The Morgan fingerprint density at radius 2 is 1.04 bits per heavy atom. The number of piperazine rings is 1. The quantitative estimate of drug-likeness (QED) is 0.852. The smallest absolute Gasteiger partial charge is 0.254 e. The SMILES string of the molecule is C[C@@H]1CN(C(=O)c2ccccc2)[C@H](C)CN1C(=O)c1ccccc1. The molecule has 0 saturated carbocycles. The Hall–Kier alpha value is -2.62. The molecule has 2 aromatic rings. The summed E-state index contributed by atoms with van der Waals surface area (Å²) in [6.07, 6.45) is 0. The van der Waals surface area contributed by atoms with E-state index in [2.05, 4.69) is 0 Å². The van der Waals surface area contributed by atoms with E-state index >= 15 is 0 Å². The van der Waals surface area contributed by atoms with E-state index in [1.54, 1.807) is 0 Å². The Morgan fingerprint density at radius 3 is 1.38 bits per heavy atom. The molecule has 24 heavy (non-hydrogen) atoms. The molecule has 0 N–H and O–H groups in total. The monoisotopic (exact) mass is 322 g/mol. The van der Waals surface area contributed by atoms with Crippen molar-refractivity contribution in [2.75, 3.05) is 13.1 Å². The molecule has 1 saturated heterocycles. The maximum Gasteiger partial charge on any atom is 0.254 e. The summed E-state index contributed by atoms with van der Waals surface area (Å²) in [6, 6.07) is 18.6. The fourth-order valence-corrected chi connectivity index (χ4v) is 3.19. The van der Waals surface area contributed by atoms with Gasteiger partial charge in [-0.25, -0.2) is 0 Å². The average molecular weight is 322 g/mol. The topological polar surface area (TPSA) is 40.6 Å². The Balaban J connectivity index is 1.75. The third-order valence-corrected chi connectivity index (χ3v) is 4.55. The lowest BCUT2D eigenvalue weighted by atomic mass is 10.0. The van der Waals surface area contributed by atoms with Crippen LogP contribution in [0.25, 0.3) is 0 Å². The highest BCUT2D eigenvalue weighted by Crippen LogP contribution is 2.20. The molecule has 0 spiro atoms. The highest BCUT2D eigenvalue weighted by molar-refractivity contribution is 5.96. The van der Waals surface area contributed by atoms with Gasteiger partial charge in [0.2, 0.25) is 0 Å². The molecule has 0 aromatic heterocycles. The molecule has 0 radical (unpaired) electrons. The number of rotatable bonds is 2. The van der Waals surface area contributed by atoms with Crippen LogP contribution in [-0.4, -0.2) is 46.8 Å². The van der Waals surface area contributed by atoms with Crippen molar-refractivity contribution in [2.24, 2.45) is 0 Å². The predicted molar refractivity (Wildman–Crippen MR) is 93.9 cm³/mol. The van der Waals surface area contributed by atoms with Gasteiger partial charge in [-0.2, -0.15) is 0 Å². The van der Waals surface area contributed by atoms with Crippen LogP contribution in [0.3, 0.4) is 0 Å². The van der Waals surface area contributed by atoms with E-state index in [0.29, 0.717) is 24.2 Å². The highest BCUT2D eigenvalue weighted by Gasteiger charge is 2.34. The molecule has 2 aromatic carbocycles. The van der Waals surface area contributed by atoms with Crippen molar-refractivity contribution in [1.29, 1.82) is 0 Å². The number of benzene rings is 2. The average Bonchev–Trinajstić information content (AvgIpc) is 2.63. The van der Waals surface area contributed by atoms with Crippen molar-refractivity contribution in [1.82, 2.24) is 9.80 Å². The van der Waals surface area contributed by atoms with Crippen LogP contribution in [0.5, 0.6) is 0 Å². The number of carbonyl (C=O) groups excluding carboxylic acids is 2. The van der Waals surface area contributed by atoms with Crippen LogP contribution < -0.4 is 0 Å². The van der Waals surface area contributed by atoms with Crippen LogP contribution in [0, 0.1) is 0 Å². The molecule has 0 bridgehead atoms. The van der Waals surface area contributed by atoms with Gasteiger partial charge < -0.3 is 9.80 Å². The van der Waals surface area contributed by atoms with E-state index in [1.165, 1.54) is 0 Å². The lowest BCUT2D eigenvalue weighted by Crippen LogP contribution is -2.59. The predicted octanol–water partition coefficient (Wildman–Crippen LogP) is 3.06. The number of nitrogens with zero attached hydrogens (tertiary/aromatic N) is 2. The number of hydrogen-bond donors (Lipinski definition) is 0. The summed E-state index contributed by atoms with van der Waals surface area (Å²) in [5, 5.41) is 0. The first-order chi connectivity index (χ1) is 11.6. The minimum atomic E-state index is -0.0124. The molecular weight excluding hydrogens is 300 g/mol.